The van der Waals surface area contributed by atoms with Crippen molar-refractivity contribution in [1.82, 2.24) is 14.1 Å². The molecule has 3 heterocycles. The summed E-state index contributed by atoms with van der Waals surface area (Å²) in [5, 5.41) is 5.23. The maximum Gasteiger partial charge on any atom is 0.0666 e. The van der Waals surface area contributed by atoms with Crippen LogP contribution in [0.3, 0.4) is 0 Å². The van der Waals surface area contributed by atoms with Gasteiger partial charge in [-0.1, -0.05) is 75.4 Å². The van der Waals surface area contributed by atoms with Crippen molar-refractivity contribution in [2.45, 2.75) is 70.1 Å². The van der Waals surface area contributed by atoms with Crippen LogP contribution >= 0.6 is 0 Å². The van der Waals surface area contributed by atoms with Gasteiger partial charge in [0.25, 0.3) is 0 Å². The summed E-state index contributed by atoms with van der Waals surface area (Å²) in [6.45, 7) is 6.88. The Hall–Kier alpha value is -4.37. The minimum Gasteiger partial charge on any atom is -0.308 e. The number of nitrogens with zero attached hydrogens (tertiary/aromatic N) is 3. The predicted molar refractivity (Wildman–Crippen MR) is 191 cm³/mol. The molecule has 0 radical (unpaired) electrons. The van der Waals surface area contributed by atoms with Gasteiger partial charge in [-0.15, -0.1) is 0 Å². The molecule has 4 aliphatic rings. The minimum absolute atomic E-state index is 0.0877. The van der Waals surface area contributed by atoms with Crippen molar-refractivity contribution >= 4 is 43.6 Å². The second-order valence-corrected chi connectivity index (χ2v) is 16.0. The Labute approximate surface area is 270 Å². The molecular formula is C43H41N3. The Kier molecular flexibility index (Phi) is 5.45. The maximum absolute atomic E-state index is 4.92. The first-order valence-electron chi connectivity index (χ1n) is 17.4. The van der Waals surface area contributed by atoms with E-state index in [1.54, 1.807) is 5.56 Å². The highest BCUT2D eigenvalue weighted by Gasteiger charge is 2.51. The zero-order valence-corrected chi connectivity index (χ0v) is 27.1. The number of benzene rings is 4. The first-order valence-corrected chi connectivity index (χ1v) is 17.4. The fraction of sp³-hybridized carbons (Fsp3) is 0.326. The molecular weight excluding hydrogens is 558 g/mol. The molecule has 3 nitrogen and oxygen atoms in total. The van der Waals surface area contributed by atoms with Crippen molar-refractivity contribution < 1.29 is 0 Å². The molecule has 46 heavy (non-hydrogen) atoms. The van der Waals surface area contributed by atoms with Crippen molar-refractivity contribution in [1.29, 1.82) is 0 Å². The van der Waals surface area contributed by atoms with Crippen LogP contribution in [0.5, 0.6) is 0 Å². The Morgan fingerprint density at radius 2 is 1.11 bits per heavy atom. The number of pyridine rings is 1. The van der Waals surface area contributed by atoms with Gasteiger partial charge in [0.1, 0.15) is 0 Å². The van der Waals surface area contributed by atoms with E-state index >= 15 is 0 Å². The zero-order valence-electron chi connectivity index (χ0n) is 27.1. The van der Waals surface area contributed by atoms with Gasteiger partial charge in [-0.3, -0.25) is 4.98 Å². The van der Waals surface area contributed by atoms with Gasteiger partial charge in [-0.25, -0.2) is 0 Å². The first-order chi connectivity index (χ1) is 22.3. The molecule has 0 spiro atoms. The fourth-order valence-electron chi connectivity index (χ4n) is 10.4. The lowest BCUT2D eigenvalue weighted by Gasteiger charge is -2.57. The monoisotopic (exact) mass is 599 g/mol. The molecule has 11 rings (SSSR count). The molecule has 4 aliphatic carbocycles. The van der Waals surface area contributed by atoms with Crippen LogP contribution in [0.1, 0.15) is 70.4 Å². The third kappa shape index (κ3) is 3.81. The van der Waals surface area contributed by atoms with Crippen LogP contribution in [0.15, 0.2) is 103 Å². The van der Waals surface area contributed by atoms with Gasteiger partial charge in [0.05, 0.1) is 45.8 Å². The summed E-state index contributed by atoms with van der Waals surface area (Å²) in [4.78, 5) is 4.92. The molecule has 0 aliphatic heterocycles. The highest BCUT2D eigenvalue weighted by atomic mass is 15.0. The van der Waals surface area contributed by atoms with E-state index in [1.807, 2.05) is 6.20 Å². The largest absolute Gasteiger partial charge is 0.308 e. The summed E-state index contributed by atoms with van der Waals surface area (Å²) >= 11 is 0. The van der Waals surface area contributed by atoms with Crippen LogP contribution in [0.25, 0.3) is 55.0 Å². The normalized spacial score (nSPS) is 24.2. The molecule has 7 aromatic rings. The van der Waals surface area contributed by atoms with Crippen molar-refractivity contribution in [2.24, 2.45) is 17.8 Å². The lowest BCUT2D eigenvalue weighted by molar-refractivity contribution is -0.00513. The number of aromatic nitrogens is 3. The van der Waals surface area contributed by atoms with Gasteiger partial charge >= 0.3 is 0 Å². The molecule has 4 bridgehead atoms. The Bertz CT molecular complexity index is 2310. The van der Waals surface area contributed by atoms with Crippen LogP contribution in [-0.4, -0.2) is 14.1 Å². The molecule has 0 amide bonds. The predicted octanol–water partition coefficient (Wildman–Crippen LogP) is 11.0. The summed E-state index contributed by atoms with van der Waals surface area (Å²) in [7, 11) is 0. The first kappa shape index (κ1) is 26.8. The van der Waals surface area contributed by atoms with Crippen molar-refractivity contribution in [2.75, 3.05) is 0 Å². The summed E-state index contributed by atoms with van der Waals surface area (Å²) in [5.74, 6) is 2.79. The Morgan fingerprint density at radius 3 is 1.74 bits per heavy atom. The molecule has 4 fully saturated rings. The fourth-order valence-corrected chi connectivity index (χ4v) is 10.4. The number of hydrogen-bond acceptors (Lipinski definition) is 1. The smallest absolute Gasteiger partial charge is 0.0666 e. The highest BCUT2D eigenvalue weighted by Crippen LogP contribution is 2.61. The van der Waals surface area contributed by atoms with Gasteiger partial charge < -0.3 is 9.13 Å². The topological polar surface area (TPSA) is 22.8 Å². The number of rotatable bonds is 3. The van der Waals surface area contributed by atoms with Crippen LogP contribution in [0.2, 0.25) is 0 Å². The SMILES string of the molecule is CC(C)(C)c1ccc2c(c1)c1ccccc1n2-c1cncc(-n2c3ccccc3c3ccc(C45CC6CC(CC(C6)C4)C5)cc32)c1. The second kappa shape index (κ2) is 9.35. The van der Waals surface area contributed by atoms with Crippen LogP contribution < -0.4 is 0 Å². The van der Waals surface area contributed by atoms with Gasteiger partial charge in [-0.2, -0.15) is 0 Å². The molecule has 0 unspecified atom stereocenters. The average Bonchev–Trinajstić information content (AvgIpc) is 3.56. The van der Waals surface area contributed by atoms with E-state index in [1.165, 1.54) is 87.7 Å². The zero-order chi connectivity index (χ0) is 30.8. The number of para-hydroxylation sites is 2. The lowest BCUT2D eigenvalue weighted by Crippen LogP contribution is -2.48. The van der Waals surface area contributed by atoms with Gasteiger partial charge in [0.2, 0.25) is 0 Å². The number of fused-ring (bicyclic) bond motifs is 6. The standard InChI is InChI=1S/C43H41N3/c1-42(2,3)30-13-15-40-37(19-30)35-9-5-7-11-39(35)45(40)32-21-33(26-44-25-32)46-38-10-6-4-8-34(38)36-14-12-31(20-41(36)46)43-22-27-16-28(23-43)18-29(17-27)24-43/h4-15,19-21,25-29H,16-18,22-24H2,1-3H3. The van der Waals surface area contributed by atoms with E-state index in [-0.39, 0.29) is 5.41 Å². The van der Waals surface area contributed by atoms with E-state index in [4.69, 9.17) is 4.98 Å². The van der Waals surface area contributed by atoms with Crippen molar-refractivity contribution in [3.63, 3.8) is 0 Å². The number of hydrogen-bond donors (Lipinski definition) is 0. The third-order valence-electron chi connectivity index (χ3n) is 12.1. The lowest BCUT2D eigenvalue weighted by atomic mass is 9.48. The van der Waals surface area contributed by atoms with Gasteiger partial charge in [0, 0.05) is 21.5 Å². The Balaban J connectivity index is 1.18. The van der Waals surface area contributed by atoms with Gasteiger partial charge in [0.15, 0.2) is 0 Å². The van der Waals surface area contributed by atoms with E-state index in [2.05, 4.69) is 127 Å². The molecule has 0 atom stereocenters. The molecule has 3 aromatic heterocycles. The average molecular weight is 600 g/mol. The Morgan fingerprint density at radius 1 is 0.565 bits per heavy atom. The van der Waals surface area contributed by atoms with E-state index in [0.29, 0.717) is 5.41 Å². The maximum atomic E-state index is 4.92. The molecule has 0 saturated heterocycles. The quantitative estimate of drug-likeness (QED) is 0.198. The second-order valence-electron chi connectivity index (χ2n) is 16.0. The van der Waals surface area contributed by atoms with Crippen molar-refractivity contribution in [3.8, 4) is 11.4 Å². The van der Waals surface area contributed by atoms with E-state index < -0.39 is 0 Å². The minimum atomic E-state index is 0.0877. The summed E-state index contributed by atoms with van der Waals surface area (Å²) < 4.78 is 4.89. The van der Waals surface area contributed by atoms with Crippen molar-refractivity contribution in [3.05, 3.63) is 115 Å². The molecule has 228 valence electrons. The van der Waals surface area contributed by atoms with Crippen LogP contribution in [-0.2, 0) is 10.8 Å². The highest BCUT2D eigenvalue weighted by molar-refractivity contribution is 6.10. The molecule has 3 heteroatoms. The van der Waals surface area contributed by atoms with E-state index in [0.717, 1.165) is 29.1 Å². The summed E-state index contributed by atoms with van der Waals surface area (Å²) in [6.07, 6.45) is 12.6. The molecule has 4 aromatic carbocycles. The summed E-state index contributed by atoms with van der Waals surface area (Å²) in [5.41, 5.74) is 10.6. The molecule has 4 saturated carbocycles. The van der Waals surface area contributed by atoms with Gasteiger partial charge in [-0.05, 0) is 115 Å². The van der Waals surface area contributed by atoms with Crippen LogP contribution in [0, 0.1) is 17.8 Å². The van der Waals surface area contributed by atoms with E-state index in [9.17, 15) is 0 Å². The summed E-state index contributed by atoms with van der Waals surface area (Å²) in [6, 6.07) is 34.6. The van der Waals surface area contributed by atoms with Crippen LogP contribution in [0.4, 0.5) is 0 Å². The third-order valence-corrected chi connectivity index (χ3v) is 12.1. The molecule has 0 N–H and O–H groups in total.